The van der Waals surface area contributed by atoms with Gasteiger partial charge in [-0.05, 0) is 365 Å². The molecule has 2 nitrogen and oxygen atoms in total. The molecule has 3 unspecified atom stereocenters. The molecule has 88 heavy (non-hydrogen) atoms. The standard InChI is InChI=1S/C86H31NO/c88-21-82-19-9-3-5-11-23-16-14-22(15-17-23)10-4-2-8-18-81(20-87-24-12-6-1-7-13-24)83-73-59-53-42-34-27-25-26-28-33(27)46(53)54-43-35(28)32-37-30(26)39-38-29(25)36-31(34)40-47-55-44(36)49(38)61-62-50(39)45(37)56-48-41(32)52(43)64-68-58(48)70-66(56)76(62)85(82)75(61)65(55)69-57(47)67(63(73)51(40)42)77(83)71-72(80(70)86(82,85)79(69)71)78(68)84(81,83)74(64)60(54)59/h1,6-7,12-17,20-21H,2-5,8-11,18-19H2. The lowest BCUT2D eigenvalue weighted by molar-refractivity contribution is -0.113. The molecule has 26 aromatic rings. The second kappa shape index (κ2) is 8.92. The van der Waals surface area contributed by atoms with Gasteiger partial charge in [-0.15, -0.1) is 0 Å². The summed E-state index contributed by atoms with van der Waals surface area (Å²) < 4.78 is 0. The Bertz CT molecular complexity index is 7870. The second-order valence-corrected chi connectivity index (χ2v) is 32.6. The summed E-state index contributed by atoms with van der Waals surface area (Å²) in [5.74, 6) is 0. The predicted octanol–water partition coefficient (Wildman–Crippen LogP) is 21.3. The maximum absolute atomic E-state index is 16.6. The molecule has 26 aromatic carbocycles. The molecule has 0 radical (unpaired) electrons. The zero-order chi connectivity index (χ0) is 53.6. The van der Waals surface area contributed by atoms with E-state index < -0.39 is 16.2 Å². The molecule has 2 heteroatoms. The number of aldehydes is 1. The number of benzene rings is 18. The van der Waals surface area contributed by atoms with E-state index in [1.54, 1.807) is 310 Å². The molecule has 0 heterocycles. The summed E-state index contributed by atoms with van der Waals surface area (Å²) in [4.78, 5) is 22.7. The van der Waals surface area contributed by atoms with Crippen molar-refractivity contribution >= 4 is 266 Å². The van der Waals surface area contributed by atoms with E-state index in [4.69, 9.17) is 4.99 Å². The van der Waals surface area contributed by atoms with E-state index in [-0.39, 0.29) is 16.2 Å². The van der Waals surface area contributed by atoms with Gasteiger partial charge in [0.25, 0.3) is 0 Å². The van der Waals surface area contributed by atoms with Crippen LogP contribution in [0.3, 0.4) is 0 Å². The second-order valence-electron chi connectivity index (χ2n) is 32.6. The van der Waals surface area contributed by atoms with Gasteiger partial charge in [0.05, 0.1) is 21.9 Å². The highest BCUT2D eigenvalue weighted by Crippen LogP contribution is 3.02. The highest BCUT2D eigenvalue weighted by atomic mass is 16.1. The van der Waals surface area contributed by atoms with Crippen molar-refractivity contribution in [3.8, 4) is 11.1 Å². The minimum atomic E-state index is -0.638. The zero-order valence-electron chi connectivity index (χ0n) is 46.8. The van der Waals surface area contributed by atoms with Crippen LogP contribution in [0, 0.1) is 10.8 Å². The number of para-hydroxylation sites is 1. The average Bonchev–Trinajstić information content (AvgIpc) is 1.35. The third-order valence-electron chi connectivity index (χ3n) is 32.2. The highest BCUT2D eigenvalue weighted by Gasteiger charge is 2.99. The van der Waals surface area contributed by atoms with Crippen LogP contribution in [0.1, 0.15) is 107 Å². The molecule has 2 fully saturated rings. The lowest BCUT2D eigenvalue weighted by Gasteiger charge is -2.34. The van der Waals surface area contributed by atoms with Gasteiger partial charge in [-0.25, -0.2) is 0 Å². The first-order chi connectivity index (χ1) is 43.8. The maximum Gasteiger partial charge on any atom is 0.128 e. The van der Waals surface area contributed by atoms with Crippen molar-refractivity contribution in [3.63, 3.8) is 0 Å². The van der Waals surface area contributed by atoms with Crippen LogP contribution in [0.15, 0.2) is 59.6 Å². The number of nitrogens with zero attached hydrogens (tertiary/aromatic N) is 1. The van der Waals surface area contributed by atoms with Gasteiger partial charge < -0.3 is 4.79 Å². The first-order valence-electron chi connectivity index (χ1n) is 33.9. The molecule has 4 spiro atoms. The van der Waals surface area contributed by atoms with Gasteiger partial charge in [0.1, 0.15) is 6.29 Å². The van der Waals surface area contributed by atoms with Crippen LogP contribution in [0.5, 0.6) is 0 Å². The van der Waals surface area contributed by atoms with Crippen molar-refractivity contribution in [1.82, 2.24) is 0 Å². The fraction of sp³-hybridized carbons (Fsp3) is 0.186. The normalized spacial score (nSPS) is 29.2. The van der Waals surface area contributed by atoms with Crippen molar-refractivity contribution in [2.24, 2.45) is 15.8 Å². The Morgan fingerprint density at radius 1 is 0.261 bits per heavy atom. The van der Waals surface area contributed by atoms with E-state index >= 15 is 4.79 Å². The minimum absolute atomic E-state index is 0.358. The smallest absolute Gasteiger partial charge is 0.128 e. The van der Waals surface area contributed by atoms with Crippen molar-refractivity contribution in [2.75, 3.05) is 0 Å². The minimum Gasteiger partial charge on any atom is -0.303 e. The quantitative estimate of drug-likeness (QED) is 0.0985. The summed E-state index contributed by atoms with van der Waals surface area (Å²) in [7, 11) is 0. The third-order valence-corrected chi connectivity index (χ3v) is 32.2. The lowest BCUT2D eigenvalue weighted by Crippen LogP contribution is -2.28. The van der Waals surface area contributed by atoms with Gasteiger partial charge in [0.15, 0.2) is 0 Å². The number of aryl methyl sites for hydroxylation is 2. The molecule has 3 atom stereocenters. The Balaban J connectivity index is 0.939. The number of carbonyl (C=O) groups excluding carboxylic acids is 1. The Labute approximate surface area is 490 Å². The summed E-state index contributed by atoms with van der Waals surface area (Å²) in [6.07, 6.45) is 15.7. The molecule has 0 saturated heterocycles. The monoisotopic (exact) mass is 1090 g/mol. The average molecular weight is 1090 g/mol. The molecular weight excluding hydrogens is 1060 g/mol. The summed E-state index contributed by atoms with van der Waals surface area (Å²) >= 11 is 0. The van der Waals surface area contributed by atoms with Crippen LogP contribution >= 0.6 is 0 Å². The zero-order valence-corrected chi connectivity index (χ0v) is 46.8. The molecule has 386 valence electrons. The van der Waals surface area contributed by atoms with Crippen LogP contribution in [-0.2, 0) is 39.3 Å². The number of aliphatic imine (C=N–C) groups is 1. The summed E-state index contributed by atoms with van der Waals surface area (Å²) in [5.41, 5.74) is 18.2. The number of carbonyl (C=O) groups is 1. The van der Waals surface area contributed by atoms with Crippen molar-refractivity contribution in [2.45, 2.75) is 85.9 Å². The predicted molar refractivity (Wildman–Crippen MR) is 362 cm³/mol. The lowest BCUT2D eigenvalue weighted by atomic mass is 9.66. The van der Waals surface area contributed by atoms with E-state index in [1.807, 2.05) is 0 Å². The van der Waals surface area contributed by atoms with Gasteiger partial charge >= 0.3 is 0 Å². The number of rotatable bonds is 3. The molecule has 0 N–H and O–H groups in total. The van der Waals surface area contributed by atoms with Crippen molar-refractivity contribution < 1.29 is 4.79 Å². The van der Waals surface area contributed by atoms with E-state index in [0.29, 0.717) is 0 Å². The Kier molecular flexibility index (Phi) is 3.71. The van der Waals surface area contributed by atoms with E-state index in [0.717, 1.165) is 57.1 Å². The Hall–Kier alpha value is -9.50. The van der Waals surface area contributed by atoms with E-state index in [2.05, 4.69) is 60.8 Å². The van der Waals surface area contributed by atoms with E-state index in [1.165, 1.54) is 24.0 Å². The topological polar surface area (TPSA) is 29.4 Å². The van der Waals surface area contributed by atoms with Crippen LogP contribution < -0.4 is 0 Å². The number of hydrogen-bond donors (Lipinski definition) is 0. The molecule has 40 rings (SSSR count). The SMILES string of the molecule is O=CC12CCCCCc3ccc(cc3)CCCCCC3(C=Nc4ccccc4)C45c6c7c8c9c%10c%11c%12c%13c%14c%15c%16c(c-7c7c%17c%18c(c%19c%20c4c4c6c9c6c%10c9c%12c%10c%12c%13c%13c%15c(c%16%17)c%15c%18c%16c%19c%17c%20c%18c4c6c4c9c%10c6c(c%184)c%17c4c%16c%15c%13c%12c46)C735)C81C%11%142. The van der Waals surface area contributed by atoms with Gasteiger partial charge in [-0.3, -0.25) is 4.99 Å². The van der Waals surface area contributed by atoms with Crippen LogP contribution in [0.4, 0.5) is 5.69 Å². The third kappa shape index (κ3) is 2.12. The molecule has 14 aliphatic carbocycles. The van der Waals surface area contributed by atoms with Crippen molar-refractivity contribution in [3.05, 3.63) is 110 Å². The first kappa shape index (κ1) is 36.6. The molecule has 0 aliphatic heterocycles. The highest BCUT2D eigenvalue weighted by molar-refractivity contribution is 6.79. The Morgan fingerprint density at radius 2 is 0.511 bits per heavy atom. The molecule has 14 aliphatic rings. The molecule has 0 aromatic heterocycles. The molecule has 0 amide bonds. The first-order valence-corrected chi connectivity index (χ1v) is 33.9. The van der Waals surface area contributed by atoms with Gasteiger partial charge in [0, 0.05) is 22.5 Å². The fourth-order valence-electron chi connectivity index (χ4n) is 31.7. The van der Waals surface area contributed by atoms with Gasteiger partial charge in [-0.1, -0.05) is 68.1 Å². The van der Waals surface area contributed by atoms with Gasteiger partial charge in [-0.2, -0.15) is 0 Å². The van der Waals surface area contributed by atoms with Crippen molar-refractivity contribution in [1.29, 1.82) is 0 Å². The fourth-order valence-corrected chi connectivity index (χ4v) is 31.7. The summed E-state index contributed by atoms with van der Waals surface area (Å²) in [5, 5.41) is 75.3. The van der Waals surface area contributed by atoms with E-state index in [9.17, 15) is 0 Å². The van der Waals surface area contributed by atoms with Crippen LogP contribution in [0.2, 0.25) is 0 Å². The largest absolute Gasteiger partial charge is 0.303 e. The van der Waals surface area contributed by atoms with Crippen LogP contribution in [-0.4, -0.2) is 12.5 Å². The Morgan fingerprint density at radius 3 is 0.818 bits per heavy atom. The van der Waals surface area contributed by atoms with Crippen LogP contribution in [0.25, 0.3) is 259 Å². The summed E-state index contributed by atoms with van der Waals surface area (Å²) in [6.45, 7) is 0. The molecule has 2 saturated carbocycles. The summed E-state index contributed by atoms with van der Waals surface area (Å²) in [6, 6.07) is 21.0. The van der Waals surface area contributed by atoms with Gasteiger partial charge in [0.2, 0.25) is 0 Å². The number of hydrogen-bond acceptors (Lipinski definition) is 2. The molecule has 12 bridgehead atoms. The molecular formula is C86H31NO. The maximum atomic E-state index is 16.6.